The Bertz CT molecular complexity index is 606. The van der Waals surface area contributed by atoms with Gasteiger partial charge in [0.15, 0.2) is 5.17 Å². The van der Waals surface area contributed by atoms with Gasteiger partial charge in [-0.1, -0.05) is 35.5 Å². The van der Waals surface area contributed by atoms with Crippen molar-refractivity contribution in [3.63, 3.8) is 0 Å². The summed E-state index contributed by atoms with van der Waals surface area (Å²) in [6, 6.07) is 4.36. The van der Waals surface area contributed by atoms with Gasteiger partial charge in [0.2, 0.25) is 0 Å². The second-order valence-electron chi connectivity index (χ2n) is 5.00. The molecule has 1 aromatic carbocycles. The predicted molar refractivity (Wildman–Crippen MR) is 86.7 cm³/mol. The van der Waals surface area contributed by atoms with Crippen molar-refractivity contribution in [3.8, 4) is 0 Å². The quantitative estimate of drug-likeness (QED) is 0.871. The molecule has 5 heteroatoms. The van der Waals surface area contributed by atoms with Crippen molar-refractivity contribution < 1.29 is 4.39 Å². The highest BCUT2D eigenvalue weighted by atomic mass is 35.5. The molecule has 1 aliphatic rings. The normalized spacial score (nSPS) is 17.6. The Hall–Kier alpha value is -1.26. The fourth-order valence-corrected chi connectivity index (χ4v) is 2.64. The van der Waals surface area contributed by atoms with Crippen LogP contribution >= 0.6 is 23.4 Å². The van der Waals surface area contributed by atoms with Gasteiger partial charge in [-0.15, -0.1) is 0 Å². The van der Waals surface area contributed by atoms with Crippen molar-refractivity contribution in [2.45, 2.75) is 19.4 Å². The zero-order valence-electron chi connectivity index (χ0n) is 11.6. The number of amidine groups is 1. The standard InChI is InChI=1S/C15H16ClFN2S/c1-15(2)9-12(18-14(19-15)20-3)7-5-10-4-6-11(17)8-13(10)16/h4-9H,1-3H3,(H,18,19). The van der Waals surface area contributed by atoms with Gasteiger partial charge in [-0.25, -0.2) is 4.39 Å². The summed E-state index contributed by atoms with van der Waals surface area (Å²) in [6.45, 7) is 4.09. The first-order chi connectivity index (χ1) is 9.39. The molecule has 0 aromatic heterocycles. The van der Waals surface area contributed by atoms with Crippen molar-refractivity contribution in [3.05, 3.63) is 52.5 Å². The van der Waals surface area contributed by atoms with Crippen LogP contribution in [0.25, 0.3) is 6.08 Å². The molecule has 0 bridgehead atoms. The van der Waals surface area contributed by atoms with Crippen molar-refractivity contribution in [2.75, 3.05) is 6.26 Å². The predicted octanol–water partition coefficient (Wildman–Crippen LogP) is 4.48. The highest BCUT2D eigenvalue weighted by Gasteiger charge is 2.19. The van der Waals surface area contributed by atoms with Gasteiger partial charge >= 0.3 is 0 Å². The third kappa shape index (κ3) is 3.87. The van der Waals surface area contributed by atoms with Crippen LogP contribution in [0.3, 0.4) is 0 Å². The van der Waals surface area contributed by atoms with E-state index in [1.807, 2.05) is 38.3 Å². The third-order valence-electron chi connectivity index (χ3n) is 2.75. The summed E-state index contributed by atoms with van der Waals surface area (Å²) in [6.07, 6.45) is 7.80. The van der Waals surface area contributed by atoms with E-state index < -0.39 is 0 Å². The van der Waals surface area contributed by atoms with Crippen LogP contribution in [0.15, 0.2) is 41.0 Å². The molecule has 0 atom stereocenters. The Balaban J connectivity index is 2.21. The maximum atomic E-state index is 13.0. The van der Waals surface area contributed by atoms with E-state index in [4.69, 9.17) is 11.6 Å². The van der Waals surface area contributed by atoms with Crippen LogP contribution in [0.4, 0.5) is 4.39 Å². The van der Waals surface area contributed by atoms with E-state index in [0.717, 1.165) is 16.4 Å². The van der Waals surface area contributed by atoms with Gasteiger partial charge in [-0.3, -0.25) is 4.99 Å². The van der Waals surface area contributed by atoms with Crippen molar-refractivity contribution >= 4 is 34.6 Å². The first-order valence-corrected chi connectivity index (χ1v) is 7.77. The van der Waals surface area contributed by atoms with Gasteiger partial charge in [0.1, 0.15) is 5.82 Å². The lowest BCUT2D eigenvalue weighted by molar-refractivity contribution is 0.628. The van der Waals surface area contributed by atoms with Gasteiger partial charge in [-0.2, -0.15) is 0 Å². The number of allylic oxidation sites excluding steroid dienone is 1. The topological polar surface area (TPSA) is 24.4 Å². The van der Waals surface area contributed by atoms with E-state index in [2.05, 4.69) is 10.3 Å². The number of halogens is 2. The largest absolute Gasteiger partial charge is 0.335 e. The number of hydrogen-bond acceptors (Lipinski definition) is 3. The molecule has 0 amide bonds. The van der Waals surface area contributed by atoms with Crippen molar-refractivity contribution in [1.82, 2.24) is 5.32 Å². The van der Waals surface area contributed by atoms with E-state index in [1.54, 1.807) is 17.8 Å². The first kappa shape index (κ1) is 15.1. The highest BCUT2D eigenvalue weighted by Crippen LogP contribution is 2.23. The third-order valence-corrected chi connectivity index (χ3v) is 3.66. The molecule has 1 N–H and O–H groups in total. The van der Waals surface area contributed by atoms with Crippen LogP contribution in [-0.2, 0) is 0 Å². The van der Waals surface area contributed by atoms with Crippen LogP contribution < -0.4 is 5.32 Å². The van der Waals surface area contributed by atoms with Gasteiger partial charge in [-0.05, 0) is 50.0 Å². The Labute approximate surface area is 127 Å². The smallest absolute Gasteiger partial charge is 0.161 e. The monoisotopic (exact) mass is 310 g/mol. The second-order valence-corrected chi connectivity index (χ2v) is 6.20. The second kappa shape index (κ2) is 6.02. The number of thioether (sulfide) groups is 1. The number of nitrogens with one attached hydrogen (secondary N) is 1. The maximum Gasteiger partial charge on any atom is 0.161 e. The summed E-state index contributed by atoms with van der Waals surface area (Å²) >= 11 is 7.57. The first-order valence-electron chi connectivity index (χ1n) is 6.16. The minimum absolute atomic E-state index is 0.240. The number of benzene rings is 1. The lowest BCUT2D eigenvalue weighted by Gasteiger charge is -2.24. The summed E-state index contributed by atoms with van der Waals surface area (Å²) in [5.41, 5.74) is 1.49. The molecule has 1 aromatic rings. The summed E-state index contributed by atoms with van der Waals surface area (Å²) < 4.78 is 13.0. The van der Waals surface area contributed by atoms with Gasteiger partial charge in [0.05, 0.1) is 10.6 Å². The summed E-state index contributed by atoms with van der Waals surface area (Å²) in [5, 5.41) is 4.51. The van der Waals surface area contributed by atoms with Gasteiger partial charge < -0.3 is 5.32 Å². The summed E-state index contributed by atoms with van der Waals surface area (Å²) in [5.74, 6) is -0.333. The Morgan fingerprint density at radius 2 is 2.10 bits per heavy atom. The fourth-order valence-electron chi connectivity index (χ4n) is 1.86. The fraction of sp³-hybridized carbons (Fsp3) is 0.267. The minimum atomic E-state index is -0.333. The molecule has 0 saturated carbocycles. The van der Waals surface area contributed by atoms with Gasteiger partial charge in [0.25, 0.3) is 0 Å². The highest BCUT2D eigenvalue weighted by molar-refractivity contribution is 8.13. The van der Waals surface area contributed by atoms with E-state index >= 15 is 0 Å². The number of hydrogen-bond donors (Lipinski definition) is 1. The van der Waals surface area contributed by atoms with Crippen LogP contribution in [-0.4, -0.2) is 17.0 Å². The molecule has 2 rings (SSSR count). The SMILES string of the molecule is CSC1=NC(C)(C)C=C(C=Cc2ccc(F)cc2Cl)N1. The lowest BCUT2D eigenvalue weighted by atomic mass is 10.0. The molecular weight excluding hydrogens is 295 g/mol. The van der Waals surface area contributed by atoms with E-state index in [-0.39, 0.29) is 11.4 Å². The molecule has 20 heavy (non-hydrogen) atoms. The number of nitrogens with zero attached hydrogens (tertiary/aromatic N) is 1. The lowest BCUT2D eigenvalue weighted by Crippen LogP contribution is -2.31. The van der Waals surface area contributed by atoms with E-state index in [0.29, 0.717) is 5.02 Å². The molecule has 0 radical (unpaired) electrons. The zero-order chi connectivity index (χ0) is 14.8. The average Bonchev–Trinajstić information content (AvgIpc) is 2.36. The van der Waals surface area contributed by atoms with Crippen LogP contribution in [0.5, 0.6) is 0 Å². The Morgan fingerprint density at radius 3 is 2.75 bits per heavy atom. The summed E-state index contributed by atoms with van der Waals surface area (Å²) in [4.78, 5) is 4.55. The number of rotatable bonds is 2. The molecule has 0 saturated heterocycles. The van der Waals surface area contributed by atoms with E-state index in [9.17, 15) is 4.39 Å². The maximum absolute atomic E-state index is 13.0. The van der Waals surface area contributed by atoms with E-state index in [1.165, 1.54) is 12.1 Å². The average molecular weight is 311 g/mol. The summed E-state index contributed by atoms with van der Waals surface area (Å²) in [7, 11) is 0. The van der Waals surface area contributed by atoms with Crippen molar-refractivity contribution in [1.29, 1.82) is 0 Å². The number of aliphatic imine (C=N–C) groups is 1. The molecule has 1 heterocycles. The molecular formula is C15H16ClFN2S. The Morgan fingerprint density at radius 1 is 1.35 bits per heavy atom. The van der Waals surface area contributed by atoms with Crippen LogP contribution in [0.1, 0.15) is 19.4 Å². The molecule has 0 aliphatic carbocycles. The van der Waals surface area contributed by atoms with Crippen LogP contribution in [0, 0.1) is 5.82 Å². The molecule has 1 aliphatic heterocycles. The zero-order valence-corrected chi connectivity index (χ0v) is 13.1. The van der Waals surface area contributed by atoms with Crippen LogP contribution in [0.2, 0.25) is 5.02 Å². The molecule has 0 spiro atoms. The minimum Gasteiger partial charge on any atom is -0.335 e. The molecule has 2 nitrogen and oxygen atoms in total. The Kier molecular flexibility index (Phi) is 4.55. The molecule has 0 fully saturated rings. The van der Waals surface area contributed by atoms with Gasteiger partial charge in [0, 0.05) is 5.70 Å². The molecule has 0 unspecified atom stereocenters. The van der Waals surface area contributed by atoms with Crippen molar-refractivity contribution in [2.24, 2.45) is 4.99 Å². The molecule has 106 valence electrons.